The smallest absolute Gasteiger partial charge is 0.146 e. The van der Waals surface area contributed by atoms with Crippen molar-refractivity contribution in [3.8, 4) is 17.2 Å². The van der Waals surface area contributed by atoms with Crippen LogP contribution in [0, 0.1) is 0 Å². The summed E-state index contributed by atoms with van der Waals surface area (Å²) in [5.41, 5.74) is 1.91. The van der Waals surface area contributed by atoms with Gasteiger partial charge in [-0.3, -0.25) is 0 Å². The van der Waals surface area contributed by atoms with E-state index in [1.165, 1.54) is 0 Å². The zero-order chi connectivity index (χ0) is 12.5. The standard InChI is InChI=1S/C14H13NO3/c16-10-3-1-9(2-4-10)13-8-18-14-7-11(17)5-6-12(14)15-13/h1-7,13,15-17H,8H2/t13-/m0/s1. The fraction of sp³-hybridized carbons (Fsp3) is 0.143. The number of phenols is 2. The lowest BCUT2D eigenvalue weighted by Crippen LogP contribution is -2.23. The Hall–Kier alpha value is -2.36. The predicted octanol–water partition coefficient (Wildman–Crippen LogP) is 2.64. The Morgan fingerprint density at radius 1 is 1.00 bits per heavy atom. The highest BCUT2D eigenvalue weighted by Gasteiger charge is 2.20. The molecule has 0 radical (unpaired) electrons. The number of hydrogen-bond donors (Lipinski definition) is 3. The van der Waals surface area contributed by atoms with E-state index >= 15 is 0 Å². The van der Waals surface area contributed by atoms with Crippen LogP contribution in [0.3, 0.4) is 0 Å². The fourth-order valence-corrected chi connectivity index (χ4v) is 2.04. The first-order valence-electron chi connectivity index (χ1n) is 5.74. The number of nitrogens with one attached hydrogen (secondary N) is 1. The van der Waals surface area contributed by atoms with Crippen molar-refractivity contribution in [2.75, 3.05) is 11.9 Å². The van der Waals surface area contributed by atoms with Gasteiger partial charge in [0.05, 0.1) is 11.7 Å². The van der Waals surface area contributed by atoms with Gasteiger partial charge in [0.2, 0.25) is 0 Å². The van der Waals surface area contributed by atoms with Gasteiger partial charge in [0, 0.05) is 6.07 Å². The minimum Gasteiger partial charge on any atom is -0.508 e. The van der Waals surface area contributed by atoms with Crippen LogP contribution in [0.4, 0.5) is 5.69 Å². The summed E-state index contributed by atoms with van der Waals surface area (Å²) in [5, 5.41) is 22.0. The molecule has 0 saturated carbocycles. The highest BCUT2D eigenvalue weighted by Crippen LogP contribution is 2.36. The summed E-state index contributed by atoms with van der Waals surface area (Å²) >= 11 is 0. The van der Waals surface area contributed by atoms with Gasteiger partial charge in [-0.25, -0.2) is 0 Å². The van der Waals surface area contributed by atoms with E-state index in [1.54, 1.807) is 30.3 Å². The largest absolute Gasteiger partial charge is 0.508 e. The van der Waals surface area contributed by atoms with E-state index in [0.29, 0.717) is 12.4 Å². The molecule has 1 heterocycles. The monoisotopic (exact) mass is 243 g/mol. The maximum Gasteiger partial charge on any atom is 0.146 e. The lowest BCUT2D eigenvalue weighted by Gasteiger charge is -2.27. The van der Waals surface area contributed by atoms with Crippen molar-refractivity contribution < 1.29 is 14.9 Å². The minimum atomic E-state index is 0.0441. The molecular formula is C14H13NO3. The van der Waals surface area contributed by atoms with Crippen LogP contribution in [0.5, 0.6) is 17.2 Å². The van der Waals surface area contributed by atoms with E-state index in [0.717, 1.165) is 11.3 Å². The molecule has 4 heteroatoms. The predicted molar refractivity (Wildman–Crippen MR) is 68.1 cm³/mol. The molecule has 0 amide bonds. The number of benzene rings is 2. The average molecular weight is 243 g/mol. The van der Waals surface area contributed by atoms with Gasteiger partial charge in [0.1, 0.15) is 23.9 Å². The number of hydrogen-bond acceptors (Lipinski definition) is 4. The third-order valence-electron chi connectivity index (χ3n) is 3.00. The van der Waals surface area contributed by atoms with Crippen LogP contribution in [0.1, 0.15) is 11.6 Å². The first-order chi connectivity index (χ1) is 8.72. The molecule has 0 aromatic heterocycles. The van der Waals surface area contributed by atoms with E-state index in [-0.39, 0.29) is 17.5 Å². The number of phenolic OH excluding ortho intramolecular Hbond substituents is 2. The summed E-state index contributed by atoms with van der Waals surface area (Å²) in [5.74, 6) is 1.10. The number of aromatic hydroxyl groups is 2. The summed E-state index contributed by atoms with van der Waals surface area (Å²) in [4.78, 5) is 0. The molecule has 0 spiro atoms. The average Bonchev–Trinajstić information content (AvgIpc) is 2.39. The van der Waals surface area contributed by atoms with Crippen molar-refractivity contribution in [3.63, 3.8) is 0 Å². The highest BCUT2D eigenvalue weighted by molar-refractivity contribution is 5.61. The molecule has 3 rings (SSSR count). The lowest BCUT2D eigenvalue weighted by atomic mass is 10.1. The SMILES string of the molecule is Oc1ccc([C@@H]2COc3cc(O)ccc3N2)cc1. The molecule has 0 saturated heterocycles. The molecule has 1 aliphatic rings. The highest BCUT2D eigenvalue weighted by atomic mass is 16.5. The van der Waals surface area contributed by atoms with Gasteiger partial charge < -0.3 is 20.3 Å². The molecule has 0 fully saturated rings. The Labute approximate surface area is 104 Å². The summed E-state index contributed by atoms with van der Waals surface area (Å²) in [7, 11) is 0. The molecular weight excluding hydrogens is 230 g/mol. The van der Waals surface area contributed by atoms with Crippen LogP contribution in [0.25, 0.3) is 0 Å². The Kier molecular flexibility index (Phi) is 2.48. The van der Waals surface area contributed by atoms with Crippen LogP contribution in [-0.2, 0) is 0 Å². The van der Waals surface area contributed by atoms with E-state index in [9.17, 15) is 10.2 Å². The molecule has 4 nitrogen and oxygen atoms in total. The molecule has 0 aliphatic carbocycles. The molecule has 1 aliphatic heterocycles. The normalized spacial score (nSPS) is 17.4. The third-order valence-corrected chi connectivity index (χ3v) is 3.00. The zero-order valence-electron chi connectivity index (χ0n) is 9.63. The molecule has 1 atom stereocenters. The van der Waals surface area contributed by atoms with Crippen molar-refractivity contribution in [3.05, 3.63) is 48.0 Å². The van der Waals surface area contributed by atoms with Gasteiger partial charge in [0.15, 0.2) is 0 Å². The number of anilines is 1. The third kappa shape index (κ3) is 1.93. The Bertz CT molecular complexity index is 566. The van der Waals surface area contributed by atoms with Crippen molar-refractivity contribution >= 4 is 5.69 Å². The minimum absolute atomic E-state index is 0.0441. The first kappa shape index (κ1) is 10.8. The van der Waals surface area contributed by atoms with E-state index in [4.69, 9.17) is 4.74 Å². The van der Waals surface area contributed by atoms with Crippen LogP contribution < -0.4 is 10.1 Å². The molecule has 0 unspecified atom stereocenters. The molecule has 3 N–H and O–H groups in total. The van der Waals surface area contributed by atoms with Crippen LogP contribution in [-0.4, -0.2) is 16.8 Å². The second-order valence-corrected chi connectivity index (χ2v) is 4.28. The second-order valence-electron chi connectivity index (χ2n) is 4.28. The quantitative estimate of drug-likeness (QED) is 0.674. The molecule has 0 bridgehead atoms. The molecule has 92 valence electrons. The van der Waals surface area contributed by atoms with Gasteiger partial charge >= 0.3 is 0 Å². The zero-order valence-corrected chi connectivity index (χ0v) is 9.63. The van der Waals surface area contributed by atoms with Gasteiger partial charge in [-0.1, -0.05) is 12.1 Å². The summed E-state index contributed by atoms with van der Waals surface area (Å²) in [6.45, 7) is 0.487. The topological polar surface area (TPSA) is 61.7 Å². The van der Waals surface area contributed by atoms with Crippen molar-refractivity contribution in [1.82, 2.24) is 0 Å². The van der Waals surface area contributed by atoms with Gasteiger partial charge in [-0.15, -0.1) is 0 Å². The number of fused-ring (bicyclic) bond motifs is 1. The Morgan fingerprint density at radius 2 is 1.72 bits per heavy atom. The number of ether oxygens (including phenoxy) is 1. The summed E-state index contributed by atoms with van der Waals surface area (Å²) in [6.07, 6.45) is 0. The summed E-state index contributed by atoms with van der Waals surface area (Å²) in [6, 6.07) is 12.1. The van der Waals surface area contributed by atoms with Crippen LogP contribution >= 0.6 is 0 Å². The lowest BCUT2D eigenvalue weighted by molar-refractivity contribution is 0.285. The Morgan fingerprint density at radius 3 is 2.50 bits per heavy atom. The van der Waals surface area contributed by atoms with Gasteiger partial charge in [0.25, 0.3) is 0 Å². The Balaban J connectivity index is 1.86. The molecule has 18 heavy (non-hydrogen) atoms. The first-order valence-corrected chi connectivity index (χ1v) is 5.74. The second kappa shape index (κ2) is 4.14. The molecule has 2 aromatic rings. The fourth-order valence-electron chi connectivity index (χ4n) is 2.04. The van der Waals surface area contributed by atoms with E-state index in [1.807, 2.05) is 12.1 Å². The number of rotatable bonds is 1. The van der Waals surface area contributed by atoms with Gasteiger partial charge in [-0.05, 0) is 29.8 Å². The maximum absolute atomic E-state index is 9.37. The van der Waals surface area contributed by atoms with Gasteiger partial charge in [-0.2, -0.15) is 0 Å². The molecule has 2 aromatic carbocycles. The maximum atomic E-state index is 9.37. The van der Waals surface area contributed by atoms with Crippen LogP contribution in [0.15, 0.2) is 42.5 Å². The van der Waals surface area contributed by atoms with Crippen LogP contribution in [0.2, 0.25) is 0 Å². The van der Waals surface area contributed by atoms with E-state index < -0.39 is 0 Å². The van der Waals surface area contributed by atoms with Crippen molar-refractivity contribution in [2.24, 2.45) is 0 Å². The van der Waals surface area contributed by atoms with Crippen molar-refractivity contribution in [2.45, 2.75) is 6.04 Å². The van der Waals surface area contributed by atoms with E-state index in [2.05, 4.69) is 5.32 Å². The summed E-state index contributed by atoms with van der Waals surface area (Å²) < 4.78 is 5.62. The van der Waals surface area contributed by atoms with Crippen molar-refractivity contribution in [1.29, 1.82) is 0 Å².